The molecule has 1 aliphatic heterocycles. The van der Waals surface area contributed by atoms with E-state index in [1.54, 1.807) is 12.3 Å². The SMILES string of the molecule is C/C=C1/N=CC(NC(C)c2cccc(NC(=O)c3cnc(CC(C)C)c(Cl)c3)c2)P/C1=C\CC(C)C. The van der Waals surface area contributed by atoms with Gasteiger partial charge < -0.3 is 5.32 Å². The van der Waals surface area contributed by atoms with Crippen LogP contribution in [0.4, 0.5) is 5.69 Å². The van der Waals surface area contributed by atoms with Crippen LogP contribution < -0.4 is 10.6 Å². The summed E-state index contributed by atoms with van der Waals surface area (Å²) in [6.45, 7) is 12.9. The summed E-state index contributed by atoms with van der Waals surface area (Å²) in [6, 6.07) is 9.73. The number of hydrogen-bond acceptors (Lipinski definition) is 4. The molecular weight excluding hydrogens is 487 g/mol. The van der Waals surface area contributed by atoms with Crippen LogP contribution in [0.5, 0.6) is 0 Å². The zero-order chi connectivity index (χ0) is 26.2. The van der Waals surface area contributed by atoms with Crippen LogP contribution in [0.3, 0.4) is 0 Å². The van der Waals surface area contributed by atoms with Crippen molar-refractivity contribution in [2.24, 2.45) is 16.8 Å². The van der Waals surface area contributed by atoms with E-state index < -0.39 is 0 Å². The van der Waals surface area contributed by atoms with Crippen molar-refractivity contribution in [1.82, 2.24) is 10.3 Å². The Labute approximate surface area is 222 Å². The molecule has 1 amide bonds. The maximum absolute atomic E-state index is 12.8. The third-order valence-electron chi connectivity index (χ3n) is 5.87. The molecule has 0 aliphatic carbocycles. The largest absolute Gasteiger partial charge is 0.322 e. The number of nitrogens with one attached hydrogen (secondary N) is 2. The quantitative estimate of drug-likeness (QED) is 0.329. The Bertz CT molecular complexity index is 1160. The van der Waals surface area contributed by atoms with E-state index in [-0.39, 0.29) is 17.7 Å². The highest BCUT2D eigenvalue weighted by Gasteiger charge is 2.19. The first-order chi connectivity index (χ1) is 17.2. The van der Waals surface area contributed by atoms with Gasteiger partial charge in [-0.05, 0) is 67.6 Å². The molecule has 36 heavy (non-hydrogen) atoms. The van der Waals surface area contributed by atoms with Gasteiger partial charge in [-0.1, -0.05) is 72.2 Å². The number of amides is 1. The molecule has 0 saturated carbocycles. The van der Waals surface area contributed by atoms with Gasteiger partial charge in [-0.15, -0.1) is 0 Å². The number of benzene rings is 1. The van der Waals surface area contributed by atoms with E-state index in [1.807, 2.05) is 31.3 Å². The molecule has 1 aliphatic rings. The van der Waals surface area contributed by atoms with Gasteiger partial charge in [-0.25, -0.2) is 0 Å². The number of hydrogen-bond donors (Lipinski definition) is 2. The third-order valence-corrected chi connectivity index (χ3v) is 7.60. The molecule has 0 spiro atoms. The normalized spacial score (nSPS) is 19.5. The maximum Gasteiger partial charge on any atom is 0.257 e. The smallest absolute Gasteiger partial charge is 0.257 e. The Balaban J connectivity index is 1.66. The average Bonchev–Trinajstić information content (AvgIpc) is 2.84. The number of anilines is 1. The number of aromatic nitrogens is 1. The molecule has 2 N–H and O–H groups in total. The van der Waals surface area contributed by atoms with Crippen molar-refractivity contribution >= 4 is 38.0 Å². The van der Waals surface area contributed by atoms with E-state index in [0.29, 0.717) is 31.0 Å². The van der Waals surface area contributed by atoms with Crippen LogP contribution in [0.2, 0.25) is 5.02 Å². The van der Waals surface area contributed by atoms with Crippen molar-refractivity contribution in [3.8, 4) is 0 Å². The monoisotopic (exact) mass is 524 g/mol. The van der Waals surface area contributed by atoms with Gasteiger partial charge >= 0.3 is 0 Å². The first-order valence-corrected chi connectivity index (χ1v) is 14.1. The van der Waals surface area contributed by atoms with E-state index in [0.717, 1.165) is 35.5 Å². The summed E-state index contributed by atoms with van der Waals surface area (Å²) in [5, 5.41) is 8.53. The first kappa shape index (κ1) is 28.2. The van der Waals surface area contributed by atoms with Crippen molar-refractivity contribution in [3.05, 3.63) is 81.5 Å². The molecule has 5 nitrogen and oxygen atoms in total. The lowest BCUT2D eigenvalue weighted by Gasteiger charge is -2.26. The lowest BCUT2D eigenvalue weighted by atomic mass is 10.1. The molecule has 2 heterocycles. The Morgan fingerprint density at radius 3 is 2.61 bits per heavy atom. The predicted molar refractivity (Wildman–Crippen MR) is 156 cm³/mol. The van der Waals surface area contributed by atoms with Crippen molar-refractivity contribution in [3.63, 3.8) is 0 Å². The van der Waals surface area contributed by atoms with Crippen LogP contribution in [-0.4, -0.2) is 22.9 Å². The molecule has 0 saturated heterocycles. The number of halogens is 1. The number of allylic oxidation sites excluding steroid dienone is 3. The molecule has 3 unspecified atom stereocenters. The summed E-state index contributed by atoms with van der Waals surface area (Å²) < 4.78 is 0. The van der Waals surface area contributed by atoms with Crippen LogP contribution in [0, 0.1) is 11.8 Å². The van der Waals surface area contributed by atoms with Crippen LogP contribution in [0.15, 0.2) is 64.7 Å². The Hall–Kier alpha value is -2.33. The Morgan fingerprint density at radius 2 is 1.94 bits per heavy atom. The average molecular weight is 525 g/mol. The molecule has 1 aromatic carbocycles. The third kappa shape index (κ3) is 8.09. The van der Waals surface area contributed by atoms with Gasteiger partial charge in [0, 0.05) is 24.1 Å². The van der Waals surface area contributed by atoms with Gasteiger partial charge in [-0.3, -0.25) is 20.1 Å². The van der Waals surface area contributed by atoms with Gasteiger partial charge in [0.1, 0.15) is 0 Å². The number of nitrogens with zero attached hydrogens (tertiary/aromatic N) is 2. The van der Waals surface area contributed by atoms with E-state index in [9.17, 15) is 4.79 Å². The minimum absolute atomic E-state index is 0.0933. The highest BCUT2D eigenvalue weighted by molar-refractivity contribution is 7.45. The molecule has 3 rings (SSSR count). The zero-order valence-electron chi connectivity index (χ0n) is 22.1. The van der Waals surface area contributed by atoms with Crippen LogP contribution in [0.1, 0.15) is 75.6 Å². The molecular formula is C29H38ClN4OP. The number of pyridine rings is 1. The number of aliphatic imine (C=N–C) groups is 1. The van der Waals surface area contributed by atoms with Gasteiger partial charge in [0.25, 0.3) is 5.91 Å². The number of carbonyl (C=O) groups excluding carboxylic acids is 1. The molecule has 192 valence electrons. The Morgan fingerprint density at radius 1 is 1.17 bits per heavy atom. The summed E-state index contributed by atoms with van der Waals surface area (Å²) in [7, 11) is 0.622. The minimum Gasteiger partial charge on any atom is -0.322 e. The van der Waals surface area contributed by atoms with Gasteiger partial charge in [0.2, 0.25) is 0 Å². The highest BCUT2D eigenvalue weighted by Crippen LogP contribution is 2.39. The second-order valence-electron chi connectivity index (χ2n) is 10.0. The molecule has 1 aromatic heterocycles. The second kappa shape index (κ2) is 13.3. The van der Waals surface area contributed by atoms with Crippen molar-refractivity contribution in [1.29, 1.82) is 0 Å². The van der Waals surface area contributed by atoms with Crippen LogP contribution in [0.25, 0.3) is 0 Å². The zero-order valence-corrected chi connectivity index (χ0v) is 23.9. The molecule has 0 fully saturated rings. The van der Waals surface area contributed by atoms with Crippen LogP contribution in [-0.2, 0) is 6.42 Å². The van der Waals surface area contributed by atoms with Gasteiger partial charge in [0.15, 0.2) is 0 Å². The highest BCUT2D eigenvalue weighted by atomic mass is 35.5. The first-order valence-electron chi connectivity index (χ1n) is 12.7. The van der Waals surface area contributed by atoms with Crippen molar-refractivity contribution in [2.75, 3.05) is 5.32 Å². The van der Waals surface area contributed by atoms with E-state index in [4.69, 9.17) is 16.6 Å². The van der Waals surface area contributed by atoms with Crippen LogP contribution >= 0.6 is 20.2 Å². The van der Waals surface area contributed by atoms with E-state index >= 15 is 0 Å². The number of carbonyl (C=O) groups is 1. The molecule has 0 bridgehead atoms. The molecule has 7 heteroatoms. The summed E-state index contributed by atoms with van der Waals surface area (Å²) in [4.78, 5) is 22.0. The fraction of sp³-hybridized carbons (Fsp3) is 0.414. The van der Waals surface area contributed by atoms with Gasteiger partial charge in [-0.2, -0.15) is 0 Å². The lowest BCUT2D eigenvalue weighted by molar-refractivity contribution is 0.102. The van der Waals surface area contributed by atoms with E-state index in [2.05, 4.69) is 68.5 Å². The van der Waals surface area contributed by atoms with Crippen molar-refractivity contribution < 1.29 is 4.79 Å². The minimum atomic E-state index is -0.224. The summed E-state index contributed by atoms with van der Waals surface area (Å²) in [5.74, 6) is 1.02. The number of rotatable bonds is 9. The Kier molecular flexibility index (Phi) is 10.4. The summed E-state index contributed by atoms with van der Waals surface area (Å²) >= 11 is 6.38. The molecule has 3 atom stereocenters. The maximum atomic E-state index is 12.8. The standard InChI is InChI=1S/C29H38ClN4OP/c1-7-25-27(12-11-18(2)3)36-28(17-32-25)33-20(6)21-9-8-10-23(14-21)34-29(35)22-15-24(30)26(31-16-22)13-19(4)5/h7-10,12,14-20,28,33,36H,11,13H2,1-6H3,(H,34,35)/b25-7+,27-12-. The fourth-order valence-corrected chi connectivity index (χ4v) is 5.57. The second-order valence-corrected chi connectivity index (χ2v) is 11.9. The predicted octanol–water partition coefficient (Wildman–Crippen LogP) is 7.76. The fourth-order valence-electron chi connectivity index (χ4n) is 3.92. The topological polar surface area (TPSA) is 66.4 Å². The molecule has 2 aromatic rings. The summed E-state index contributed by atoms with van der Waals surface area (Å²) in [5.41, 5.74) is 4.18. The van der Waals surface area contributed by atoms with Gasteiger partial charge in [0.05, 0.1) is 27.8 Å². The molecule has 0 radical (unpaired) electrons. The van der Waals surface area contributed by atoms with Crippen molar-refractivity contribution in [2.45, 2.75) is 66.2 Å². The lowest BCUT2D eigenvalue weighted by Crippen LogP contribution is -2.30. The summed E-state index contributed by atoms with van der Waals surface area (Å²) in [6.07, 6.45) is 9.87. The van der Waals surface area contributed by atoms with E-state index in [1.165, 1.54) is 5.31 Å².